The van der Waals surface area contributed by atoms with Gasteiger partial charge in [0.25, 0.3) is 11.4 Å². The third-order valence-corrected chi connectivity index (χ3v) is 3.29. The van der Waals surface area contributed by atoms with E-state index in [9.17, 15) is 30.1 Å². The number of nitro benzene ring substituents is 2. The van der Waals surface area contributed by atoms with Crippen LogP contribution >= 0.6 is 0 Å². The van der Waals surface area contributed by atoms with Crippen LogP contribution in [0.3, 0.4) is 0 Å². The Morgan fingerprint density at radius 3 is 2.04 bits per heavy atom. The standard InChI is InChI=1S/C15H13N3O6/c19-9-14(10-4-2-1-3-5-10)15(20)16-11-6-12(17(21)22)8-13(7-11)18(23)24/h1-8,14,19H,9H2,(H,16,20). The minimum absolute atomic E-state index is 0.0877. The van der Waals surface area contributed by atoms with E-state index in [4.69, 9.17) is 0 Å². The fourth-order valence-corrected chi connectivity index (χ4v) is 2.13. The highest BCUT2D eigenvalue weighted by molar-refractivity contribution is 5.96. The summed E-state index contributed by atoms with van der Waals surface area (Å²) in [6.45, 7) is -0.479. The SMILES string of the molecule is O=C(Nc1cc([N+](=O)[O-])cc([N+](=O)[O-])c1)C(CO)c1ccccc1. The molecule has 0 aliphatic rings. The molecule has 1 amide bonds. The number of aliphatic hydroxyl groups is 1. The molecule has 0 aliphatic heterocycles. The van der Waals surface area contributed by atoms with Crippen LogP contribution in [0.25, 0.3) is 0 Å². The van der Waals surface area contributed by atoms with Crippen LogP contribution in [0.1, 0.15) is 11.5 Å². The highest BCUT2D eigenvalue weighted by Crippen LogP contribution is 2.27. The van der Waals surface area contributed by atoms with Crippen molar-refractivity contribution in [3.8, 4) is 0 Å². The van der Waals surface area contributed by atoms with Crippen LogP contribution in [-0.4, -0.2) is 27.5 Å². The second-order valence-electron chi connectivity index (χ2n) is 4.89. The van der Waals surface area contributed by atoms with Gasteiger partial charge in [0.05, 0.1) is 34.1 Å². The minimum atomic E-state index is -0.899. The summed E-state index contributed by atoms with van der Waals surface area (Å²) < 4.78 is 0. The third-order valence-electron chi connectivity index (χ3n) is 3.29. The number of carbonyl (C=O) groups is 1. The number of amides is 1. The zero-order chi connectivity index (χ0) is 17.7. The number of rotatable bonds is 6. The second-order valence-corrected chi connectivity index (χ2v) is 4.89. The molecule has 124 valence electrons. The van der Waals surface area contributed by atoms with Gasteiger partial charge in [-0.1, -0.05) is 30.3 Å². The predicted octanol–water partition coefficient (Wildman–Crippen LogP) is 2.22. The summed E-state index contributed by atoms with van der Waals surface area (Å²) in [6.07, 6.45) is 0. The number of aliphatic hydroxyl groups excluding tert-OH is 1. The summed E-state index contributed by atoms with van der Waals surface area (Å²) in [5, 5.41) is 33.5. The van der Waals surface area contributed by atoms with Crippen molar-refractivity contribution in [3.05, 3.63) is 74.3 Å². The van der Waals surface area contributed by atoms with Crippen molar-refractivity contribution >= 4 is 23.0 Å². The Hall–Kier alpha value is -3.33. The molecule has 9 heteroatoms. The number of nitrogens with one attached hydrogen (secondary N) is 1. The topological polar surface area (TPSA) is 136 Å². The number of anilines is 1. The molecule has 0 saturated heterocycles. The number of hydrogen-bond acceptors (Lipinski definition) is 6. The maximum Gasteiger partial charge on any atom is 0.278 e. The highest BCUT2D eigenvalue weighted by Gasteiger charge is 2.22. The molecule has 0 saturated carbocycles. The van der Waals surface area contributed by atoms with E-state index in [1.807, 2.05) is 0 Å². The van der Waals surface area contributed by atoms with Gasteiger partial charge >= 0.3 is 0 Å². The van der Waals surface area contributed by atoms with Gasteiger partial charge < -0.3 is 10.4 Å². The van der Waals surface area contributed by atoms with Crippen LogP contribution in [0, 0.1) is 20.2 Å². The Balaban J connectivity index is 2.30. The van der Waals surface area contributed by atoms with Crippen molar-refractivity contribution in [2.75, 3.05) is 11.9 Å². The summed E-state index contributed by atoms with van der Waals surface area (Å²) in [5.41, 5.74) is -0.563. The van der Waals surface area contributed by atoms with Gasteiger partial charge in [0.15, 0.2) is 0 Å². The van der Waals surface area contributed by atoms with Gasteiger partial charge in [-0.15, -0.1) is 0 Å². The summed E-state index contributed by atoms with van der Waals surface area (Å²) in [4.78, 5) is 32.4. The first-order valence-corrected chi connectivity index (χ1v) is 6.83. The Bertz CT molecular complexity index is 746. The van der Waals surface area contributed by atoms with Crippen LogP contribution in [-0.2, 0) is 4.79 Å². The molecule has 2 rings (SSSR count). The first kappa shape index (κ1) is 17.0. The number of nitrogens with zero attached hydrogens (tertiary/aromatic N) is 2. The lowest BCUT2D eigenvalue weighted by Crippen LogP contribution is -2.24. The van der Waals surface area contributed by atoms with E-state index in [0.717, 1.165) is 18.2 Å². The van der Waals surface area contributed by atoms with Gasteiger partial charge in [-0.3, -0.25) is 25.0 Å². The number of carbonyl (C=O) groups excluding carboxylic acids is 1. The molecule has 0 aromatic heterocycles. The molecule has 0 radical (unpaired) electrons. The van der Waals surface area contributed by atoms with Crippen LogP contribution in [0.5, 0.6) is 0 Å². The van der Waals surface area contributed by atoms with Crippen molar-refractivity contribution in [3.63, 3.8) is 0 Å². The van der Waals surface area contributed by atoms with E-state index >= 15 is 0 Å². The normalized spacial score (nSPS) is 11.5. The average Bonchev–Trinajstić information content (AvgIpc) is 2.56. The zero-order valence-electron chi connectivity index (χ0n) is 12.3. The maximum atomic E-state index is 12.3. The number of hydrogen-bond donors (Lipinski definition) is 2. The van der Waals surface area contributed by atoms with Crippen LogP contribution in [0.2, 0.25) is 0 Å². The summed E-state index contributed by atoms with van der Waals surface area (Å²) in [7, 11) is 0. The largest absolute Gasteiger partial charge is 0.395 e. The van der Waals surface area contributed by atoms with Gasteiger partial charge in [0.2, 0.25) is 5.91 Å². The first-order chi connectivity index (χ1) is 11.4. The fourth-order valence-electron chi connectivity index (χ4n) is 2.13. The first-order valence-electron chi connectivity index (χ1n) is 6.83. The number of benzene rings is 2. The lowest BCUT2D eigenvalue weighted by atomic mass is 9.99. The Morgan fingerprint density at radius 2 is 1.58 bits per heavy atom. The Kier molecular flexibility index (Phi) is 5.17. The third kappa shape index (κ3) is 3.90. The van der Waals surface area contributed by atoms with Crippen molar-refractivity contribution in [2.45, 2.75) is 5.92 Å². The molecule has 9 nitrogen and oxygen atoms in total. The van der Waals surface area contributed by atoms with Gasteiger partial charge in [0, 0.05) is 12.1 Å². The molecular weight excluding hydrogens is 318 g/mol. The second kappa shape index (κ2) is 7.29. The van der Waals surface area contributed by atoms with Crippen molar-refractivity contribution in [1.82, 2.24) is 0 Å². The quantitative estimate of drug-likeness (QED) is 0.615. The Labute approximate surface area is 135 Å². The van der Waals surface area contributed by atoms with E-state index in [-0.39, 0.29) is 5.69 Å². The van der Waals surface area contributed by atoms with Gasteiger partial charge in [0.1, 0.15) is 0 Å². The van der Waals surface area contributed by atoms with Crippen LogP contribution < -0.4 is 5.32 Å². The molecule has 0 bridgehead atoms. The number of nitro groups is 2. The molecule has 2 N–H and O–H groups in total. The highest BCUT2D eigenvalue weighted by atomic mass is 16.6. The predicted molar refractivity (Wildman–Crippen MR) is 84.6 cm³/mol. The molecule has 0 fully saturated rings. The van der Waals surface area contributed by atoms with E-state index in [1.54, 1.807) is 30.3 Å². The summed E-state index contributed by atoms with van der Waals surface area (Å²) in [6, 6.07) is 11.3. The molecule has 2 aromatic rings. The maximum absolute atomic E-state index is 12.3. The van der Waals surface area contributed by atoms with E-state index in [1.165, 1.54) is 0 Å². The number of non-ortho nitro benzene ring substituents is 2. The van der Waals surface area contributed by atoms with Crippen LogP contribution in [0.4, 0.5) is 17.1 Å². The Morgan fingerprint density at radius 1 is 1.04 bits per heavy atom. The van der Waals surface area contributed by atoms with Gasteiger partial charge in [-0.25, -0.2) is 0 Å². The van der Waals surface area contributed by atoms with Crippen molar-refractivity contribution < 1.29 is 19.7 Å². The summed E-state index contributed by atoms with van der Waals surface area (Å²) >= 11 is 0. The monoisotopic (exact) mass is 331 g/mol. The molecule has 0 spiro atoms. The molecule has 1 atom stereocenters. The van der Waals surface area contributed by atoms with Crippen LogP contribution in [0.15, 0.2) is 48.5 Å². The summed E-state index contributed by atoms with van der Waals surface area (Å²) in [5.74, 6) is -1.52. The fraction of sp³-hybridized carbons (Fsp3) is 0.133. The molecular formula is C15H13N3O6. The average molecular weight is 331 g/mol. The lowest BCUT2D eigenvalue weighted by Gasteiger charge is -2.14. The minimum Gasteiger partial charge on any atom is -0.395 e. The van der Waals surface area contributed by atoms with E-state index in [2.05, 4.69) is 5.32 Å². The molecule has 1 unspecified atom stereocenters. The van der Waals surface area contributed by atoms with Gasteiger partial charge in [-0.2, -0.15) is 0 Å². The molecule has 2 aromatic carbocycles. The molecule has 24 heavy (non-hydrogen) atoms. The zero-order valence-corrected chi connectivity index (χ0v) is 12.3. The lowest BCUT2D eigenvalue weighted by molar-refractivity contribution is -0.394. The van der Waals surface area contributed by atoms with Gasteiger partial charge in [-0.05, 0) is 5.56 Å². The molecule has 0 aliphatic carbocycles. The van der Waals surface area contributed by atoms with E-state index in [0.29, 0.717) is 5.56 Å². The molecule has 0 heterocycles. The van der Waals surface area contributed by atoms with Crippen molar-refractivity contribution in [2.24, 2.45) is 0 Å². The smallest absolute Gasteiger partial charge is 0.278 e. The van der Waals surface area contributed by atoms with Crippen molar-refractivity contribution in [1.29, 1.82) is 0 Å². The van der Waals surface area contributed by atoms with E-state index < -0.39 is 39.7 Å².